The average molecular weight is 304 g/mol. The fourth-order valence-electron chi connectivity index (χ4n) is 1.75. The zero-order valence-corrected chi connectivity index (χ0v) is 11.1. The molecule has 0 amide bonds. The van der Waals surface area contributed by atoms with Crippen LogP contribution in [0.2, 0.25) is 0 Å². The van der Waals surface area contributed by atoms with E-state index in [1.165, 1.54) is 0 Å². The molecule has 2 N–H and O–H groups in total. The standard InChI is InChI=1S/C11H15O8P/c12-9-8(6-17-20(14,15)16)19-11(10(9)13)18-7-4-2-1-3-5-7/h1-5,8-13H,6H2,(H2,14,15,16)/p-2/t8-,9-,10-,11+/m1/s1. The molecule has 1 heterocycles. The third kappa shape index (κ3) is 4.00. The molecule has 9 heteroatoms. The first kappa shape index (κ1) is 15.4. The van der Waals surface area contributed by atoms with Crippen molar-refractivity contribution in [3.8, 4) is 5.75 Å². The summed E-state index contributed by atoms with van der Waals surface area (Å²) in [5.74, 6) is 0.406. The number of benzene rings is 1. The summed E-state index contributed by atoms with van der Waals surface area (Å²) < 4.78 is 24.8. The largest absolute Gasteiger partial charge is 0.790 e. The lowest BCUT2D eigenvalue weighted by Crippen LogP contribution is -2.36. The summed E-state index contributed by atoms with van der Waals surface area (Å²) in [6.45, 7) is -0.683. The molecule has 0 aliphatic carbocycles. The predicted octanol–water partition coefficient (Wildman–Crippen LogP) is -1.64. The molecule has 0 aromatic heterocycles. The van der Waals surface area contributed by atoms with Crippen LogP contribution in [0.4, 0.5) is 0 Å². The van der Waals surface area contributed by atoms with Crippen molar-refractivity contribution >= 4 is 7.82 Å². The highest BCUT2D eigenvalue weighted by Crippen LogP contribution is 2.29. The van der Waals surface area contributed by atoms with E-state index in [2.05, 4.69) is 4.52 Å². The number of para-hydroxylation sites is 1. The zero-order chi connectivity index (χ0) is 14.8. The van der Waals surface area contributed by atoms with E-state index in [1.807, 2.05) is 0 Å². The summed E-state index contributed by atoms with van der Waals surface area (Å²) in [7, 11) is -5.16. The van der Waals surface area contributed by atoms with E-state index >= 15 is 0 Å². The molecule has 1 aliphatic rings. The quantitative estimate of drug-likeness (QED) is 0.619. The Morgan fingerprint density at radius 1 is 1.20 bits per heavy atom. The van der Waals surface area contributed by atoms with Crippen LogP contribution in [0.1, 0.15) is 0 Å². The molecule has 1 aromatic carbocycles. The van der Waals surface area contributed by atoms with E-state index in [1.54, 1.807) is 30.3 Å². The maximum atomic E-state index is 10.4. The van der Waals surface area contributed by atoms with Gasteiger partial charge in [0, 0.05) is 0 Å². The summed E-state index contributed by atoms with van der Waals surface area (Å²) in [5, 5.41) is 19.4. The predicted molar refractivity (Wildman–Crippen MR) is 61.3 cm³/mol. The van der Waals surface area contributed by atoms with Gasteiger partial charge in [-0.25, -0.2) is 0 Å². The van der Waals surface area contributed by atoms with Crippen LogP contribution in [0.25, 0.3) is 0 Å². The van der Waals surface area contributed by atoms with Crippen molar-refractivity contribution in [2.45, 2.75) is 24.6 Å². The number of phosphoric ester groups is 1. The monoisotopic (exact) mass is 304 g/mol. The van der Waals surface area contributed by atoms with Crippen LogP contribution in [0.3, 0.4) is 0 Å². The summed E-state index contributed by atoms with van der Waals surface area (Å²) in [6.07, 6.45) is -5.16. The van der Waals surface area contributed by atoms with Gasteiger partial charge in [0.2, 0.25) is 6.29 Å². The molecule has 112 valence electrons. The molecule has 0 radical (unpaired) electrons. The van der Waals surface area contributed by atoms with Crippen molar-refractivity contribution in [2.75, 3.05) is 6.61 Å². The number of rotatable bonds is 5. The second-order valence-corrected chi connectivity index (χ2v) is 5.35. The highest BCUT2D eigenvalue weighted by atomic mass is 31.2. The topological polar surface area (TPSA) is 131 Å². The van der Waals surface area contributed by atoms with Crippen LogP contribution >= 0.6 is 7.82 Å². The Morgan fingerprint density at radius 3 is 2.45 bits per heavy atom. The van der Waals surface area contributed by atoms with E-state index in [0.29, 0.717) is 5.75 Å². The Kier molecular flexibility index (Phi) is 4.77. The van der Waals surface area contributed by atoms with Crippen LogP contribution in [-0.2, 0) is 13.8 Å². The minimum absolute atomic E-state index is 0.406. The Morgan fingerprint density at radius 2 is 1.85 bits per heavy atom. The molecule has 2 rings (SSSR count). The lowest BCUT2D eigenvalue weighted by molar-refractivity contribution is -0.343. The summed E-state index contributed by atoms with van der Waals surface area (Å²) in [4.78, 5) is 20.7. The SMILES string of the molecule is O=P([O-])([O-])OC[C@H]1O[C@H](Oc2ccccc2)[C@H](O)[C@@H]1O. The number of aliphatic hydroxyl groups excluding tert-OH is 2. The van der Waals surface area contributed by atoms with Gasteiger partial charge in [-0.15, -0.1) is 0 Å². The van der Waals surface area contributed by atoms with Crippen LogP contribution in [0.15, 0.2) is 30.3 Å². The minimum atomic E-state index is -5.16. The second-order valence-electron chi connectivity index (χ2n) is 4.20. The van der Waals surface area contributed by atoms with Gasteiger partial charge in [-0.2, -0.15) is 0 Å². The third-order valence-corrected chi connectivity index (χ3v) is 3.18. The molecule has 4 atom stereocenters. The van der Waals surface area contributed by atoms with E-state index < -0.39 is 39.0 Å². The Balaban J connectivity index is 1.94. The number of hydrogen-bond donors (Lipinski definition) is 2. The van der Waals surface area contributed by atoms with Gasteiger partial charge in [0.15, 0.2) is 0 Å². The van der Waals surface area contributed by atoms with Gasteiger partial charge >= 0.3 is 0 Å². The lowest BCUT2D eigenvalue weighted by Gasteiger charge is -2.30. The van der Waals surface area contributed by atoms with Crippen molar-refractivity contribution in [3.63, 3.8) is 0 Å². The van der Waals surface area contributed by atoms with E-state index in [0.717, 1.165) is 0 Å². The molecule has 8 nitrogen and oxygen atoms in total. The highest BCUT2D eigenvalue weighted by Gasteiger charge is 2.44. The van der Waals surface area contributed by atoms with Gasteiger partial charge in [0.25, 0.3) is 0 Å². The van der Waals surface area contributed by atoms with Crippen LogP contribution < -0.4 is 14.5 Å². The Labute approximate surface area is 114 Å². The van der Waals surface area contributed by atoms with Gasteiger partial charge < -0.3 is 38.6 Å². The normalized spacial score (nSPS) is 30.4. The molecule has 0 spiro atoms. The molecule has 0 unspecified atom stereocenters. The lowest BCUT2D eigenvalue weighted by atomic mass is 10.1. The average Bonchev–Trinajstić information content (AvgIpc) is 2.65. The highest BCUT2D eigenvalue weighted by molar-refractivity contribution is 7.43. The number of phosphoric acid groups is 1. The Bertz CT molecular complexity index is 475. The maximum Gasteiger partial charge on any atom is 0.229 e. The fourth-order valence-corrected chi connectivity index (χ4v) is 2.08. The Hall–Kier alpha value is -0.990. The third-order valence-electron chi connectivity index (χ3n) is 2.71. The molecule has 0 saturated carbocycles. The van der Waals surface area contributed by atoms with Crippen LogP contribution in [0.5, 0.6) is 5.75 Å². The smallest absolute Gasteiger partial charge is 0.229 e. The van der Waals surface area contributed by atoms with Gasteiger partial charge in [-0.3, -0.25) is 0 Å². The second kappa shape index (κ2) is 6.19. The number of hydrogen-bond acceptors (Lipinski definition) is 8. The first-order valence-corrected chi connectivity index (χ1v) is 7.23. The molecular formula is C11H13O8P-2. The first-order chi connectivity index (χ1) is 9.37. The van der Waals surface area contributed by atoms with Crippen molar-refractivity contribution in [1.82, 2.24) is 0 Å². The maximum absolute atomic E-state index is 10.4. The summed E-state index contributed by atoms with van der Waals surface area (Å²) >= 11 is 0. The van der Waals surface area contributed by atoms with Gasteiger partial charge in [0.05, 0.1) is 14.4 Å². The molecule has 1 aliphatic heterocycles. The van der Waals surface area contributed by atoms with E-state index in [-0.39, 0.29) is 0 Å². The summed E-state index contributed by atoms with van der Waals surface area (Å²) in [6, 6.07) is 8.42. The molecule has 0 bridgehead atoms. The minimum Gasteiger partial charge on any atom is -0.790 e. The zero-order valence-electron chi connectivity index (χ0n) is 10.2. The van der Waals surface area contributed by atoms with Crippen molar-refractivity contribution < 1.29 is 38.6 Å². The van der Waals surface area contributed by atoms with E-state index in [4.69, 9.17) is 9.47 Å². The van der Waals surface area contributed by atoms with Gasteiger partial charge in [-0.1, -0.05) is 18.2 Å². The molecule has 20 heavy (non-hydrogen) atoms. The van der Waals surface area contributed by atoms with Crippen molar-refractivity contribution in [3.05, 3.63) is 30.3 Å². The van der Waals surface area contributed by atoms with Crippen LogP contribution in [0, 0.1) is 0 Å². The fraction of sp³-hybridized carbons (Fsp3) is 0.455. The first-order valence-electron chi connectivity index (χ1n) is 5.77. The van der Waals surface area contributed by atoms with Crippen LogP contribution in [-0.4, -0.2) is 41.4 Å². The molecular weight excluding hydrogens is 291 g/mol. The van der Waals surface area contributed by atoms with Crippen molar-refractivity contribution in [2.24, 2.45) is 0 Å². The summed E-state index contributed by atoms with van der Waals surface area (Å²) in [5.41, 5.74) is 0. The number of ether oxygens (including phenoxy) is 2. The van der Waals surface area contributed by atoms with Crippen molar-refractivity contribution in [1.29, 1.82) is 0 Å². The molecule has 1 aromatic rings. The van der Waals surface area contributed by atoms with Gasteiger partial charge in [0.1, 0.15) is 24.1 Å². The number of aliphatic hydroxyl groups is 2. The molecule has 1 fully saturated rings. The van der Waals surface area contributed by atoms with E-state index in [9.17, 15) is 24.6 Å². The van der Waals surface area contributed by atoms with Gasteiger partial charge in [-0.05, 0) is 12.1 Å². The molecule has 1 saturated heterocycles.